The first kappa shape index (κ1) is 13.9. The van der Waals surface area contributed by atoms with Crippen molar-refractivity contribution in [3.8, 4) is 6.07 Å². The molecule has 1 saturated heterocycles. The molecule has 92 valence electrons. The molecule has 0 atom stereocenters. The molecule has 0 unspecified atom stereocenters. The molecule has 1 fully saturated rings. The number of rotatable bonds is 3. The summed E-state index contributed by atoms with van der Waals surface area (Å²) < 4.78 is 0.430. The lowest BCUT2D eigenvalue weighted by molar-refractivity contribution is 0.250. The number of nitriles is 1. The number of hydrogen-bond donors (Lipinski definition) is 0. The molecule has 0 radical (unpaired) electrons. The quantitative estimate of drug-likeness (QED) is 0.758. The largest absolute Gasteiger partial charge is 0.302 e. The van der Waals surface area contributed by atoms with Crippen LogP contribution in [0.3, 0.4) is 0 Å². The van der Waals surface area contributed by atoms with Gasteiger partial charge in [-0.05, 0) is 39.8 Å². The summed E-state index contributed by atoms with van der Waals surface area (Å²) in [6, 6.07) is 2.38. The predicted molar refractivity (Wildman–Crippen MR) is 71.6 cm³/mol. The van der Waals surface area contributed by atoms with Gasteiger partial charge in [-0.15, -0.1) is 0 Å². The van der Waals surface area contributed by atoms with Gasteiger partial charge in [0.05, 0.1) is 11.5 Å². The highest BCUT2D eigenvalue weighted by molar-refractivity contribution is 8.00. The zero-order chi connectivity index (χ0) is 12.2. The molecular formula is C13H24N2S. The van der Waals surface area contributed by atoms with E-state index in [1.807, 2.05) is 13.8 Å². The summed E-state index contributed by atoms with van der Waals surface area (Å²) in [6.45, 7) is 12.2. The van der Waals surface area contributed by atoms with Gasteiger partial charge in [0.25, 0.3) is 0 Å². The SMILES string of the molecule is CC(C)(C#N)CCN1CCSC(C)(C)CC1. The van der Waals surface area contributed by atoms with Gasteiger partial charge in [0.15, 0.2) is 0 Å². The number of hydrogen-bond acceptors (Lipinski definition) is 3. The van der Waals surface area contributed by atoms with E-state index in [0.29, 0.717) is 4.75 Å². The third-order valence-electron chi connectivity index (χ3n) is 3.29. The third-order valence-corrected chi connectivity index (χ3v) is 4.66. The van der Waals surface area contributed by atoms with E-state index >= 15 is 0 Å². The van der Waals surface area contributed by atoms with Crippen molar-refractivity contribution >= 4 is 11.8 Å². The van der Waals surface area contributed by atoms with Crippen LogP contribution in [0.2, 0.25) is 0 Å². The topological polar surface area (TPSA) is 27.0 Å². The molecule has 0 aromatic carbocycles. The van der Waals surface area contributed by atoms with Crippen molar-refractivity contribution in [2.24, 2.45) is 5.41 Å². The predicted octanol–water partition coefficient (Wildman–Crippen LogP) is 3.14. The van der Waals surface area contributed by atoms with E-state index < -0.39 is 0 Å². The maximum atomic E-state index is 8.99. The highest BCUT2D eigenvalue weighted by Gasteiger charge is 2.25. The van der Waals surface area contributed by atoms with E-state index in [4.69, 9.17) is 5.26 Å². The van der Waals surface area contributed by atoms with Crippen LogP contribution in [0, 0.1) is 16.7 Å². The molecule has 0 bridgehead atoms. The van der Waals surface area contributed by atoms with Gasteiger partial charge in [-0.2, -0.15) is 17.0 Å². The van der Waals surface area contributed by atoms with Crippen LogP contribution in [0.5, 0.6) is 0 Å². The van der Waals surface area contributed by atoms with E-state index in [2.05, 4.69) is 36.6 Å². The van der Waals surface area contributed by atoms with E-state index in [-0.39, 0.29) is 5.41 Å². The lowest BCUT2D eigenvalue weighted by Gasteiger charge is -2.24. The first-order valence-corrected chi connectivity index (χ1v) is 7.11. The Hall–Kier alpha value is -0.200. The molecule has 2 nitrogen and oxygen atoms in total. The molecule has 0 aromatic heterocycles. The fourth-order valence-corrected chi connectivity index (χ4v) is 2.92. The van der Waals surface area contributed by atoms with Gasteiger partial charge >= 0.3 is 0 Å². The summed E-state index contributed by atoms with van der Waals surface area (Å²) in [6.07, 6.45) is 2.24. The average Bonchev–Trinajstić information content (AvgIpc) is 2.37. The molecule has 0 saturated carbocycles. The molecule has 16 heavy (non-hydrogen) atoms. The summed E-state index contributed by atoms with van der Waals surface area (Å²) in [5, 5.41) is 8.99. The Balaban J connectivity index is 2.37. The van der Waals surface area contributed by atoms with Crippen LogP contribution in [-0.2, 0) is 0 Å². The fraction of sp³-hybridized carbons (Fsp3) is 0.923. The maximum Gasteiger partial charge on any atom is 0.0684 e. The molecule has 0 N–H and O–H groups in total. The van der Waals surface area contributed by atoms with Crippen molar-refractivity contribution in [1.29, 1.82) is 5.26 Å². The fourth-order valence-electron chi connectivity index (χ4n) is 1.78. The molecule has 0 aliphatic carbocycles. The van der Waals surface area contributed by atoms with Crippen LogP contribution >= 0.6 is 11.8 Å². The van der Waals surface area contributed by atoms with Crippen molar-refractivity contribution in [3.05, 3.63) is 0 Å². The van der Waals surface area contributed by atoms with Gasteiger partial charge in [0.1, 0.15) is 0 Å². The Morgan fingerprint density at radius 3 is 2.69 bits per heavy atom. The lowest BCUT2D eigenvalue weighted by Crippen LogP contribution is -2.30. The zero-order valence-electron chi connectivity index (χ0n) is 11.0. The van der Waals surface area contributed by atoms with Crippen LogP contribution in [0.1, 0.15) is 40.5 Å². The molecule has 0 amide bonds. The van der Waals surface area contributed by atoms with Crippen molar-refractivity contribution < 1.29 is 0 Å². The van der Waals surface area contributed by atoms with E-state index in [1.54, 1.807) is 0 Å². The Morgan fingerprint density at radius 1 is 1.38 bits per heavy atom. The second-order valence-electron chi connectivity index (χ2n) is 5.95. The number of nitrogens with zero attached hydrogens (tertiary/aromatic N) is 2. The van der Waals surface area contributed by atoms with E-state index in [9.17, 15) is 0 Å². The van der Waals surface area contributed by atoms with Gasteiger partial charge in [-0.1, -0.05) is 13.8 Å². The first-order chi connectivity index (χ1) is 7.35. The number of thioether (sulfide) groups is 1. The van der Waals surface area contributed by atoms with Gasteiger partial charge in [-0.3, -0.25) is 0 Å². The molecule has 1 aliphatic heterocycles. The minimum Gasteiger partial charge on any atom is -0.302 e. The molecule has 1 heterocycles. The monoisotopic (exact) mass is 240 g/mol. The van der Waals surface area contributed by atoms with E-state index in [0.717, 1.165) is 13.0 Å². The van der Waals surface area contributed by atoms with Crippen molar-refractivity contribution in [1.82, 2.24) is 4.90 Å². The summed E-state index contributed by atoms with van der Waals surface area (Å²) in [5.74, 6) is 1.22. The molecular weight excluding hydrogens is 216 g/mol. The average molecular weight is 240 g/mol. The molecule has 1 rings (SSSR count). The van der Waals surface area contributed by atoms with Crippen LogP contribution in [0.15, 0.2) is 0 Å². The Morgan fingerprint density at radius 2 is 2.06 bits per heavy atom. The van der Waals surface area contributed by atoms with Crippen molar-refractivity contribution in [3.63, 3.8) is 0 Å². The highest BCUT2D eigenvalue weighted by Crippen LogP contribution is 2.31. The summed E-state index contributed by atoms with van der Waals surface area (Å²) in [4.78, 5) is 2.51. The Labute approximate surface area is 104 Å². The lowest BCUT2D eigenvalue weighted by atomic mass is 9.91. The van der Waals surface area contributed by atoms with Gasteiger partial charge in [0.2, 0.25) is 0 Å². The van der Waals surface area contributed by atoms with Crippen LogP contribution in [0.25, 0.3) is 0 Å². The summed E-state index contributed by atoms with van der Waals surface area (Å²) in [7, 11) is 0. The van der Waals surface area contributed by atoms with Crippen LogP contribution in [-0.4, -0.2) is 35.0 Å². The third kappa shape index (κ3) is 4.76. The minimum absolute atomic E-state index is 0.172. The first-order valence-electron chi connectivity index (χ1n) is 6.12. The normalized spacial score (nSPS) is 22.4. The molecule has 3 heteroatoms. The second-order valence-corrected chi connectivity index (χ2v) is 7.75. The Bertz CT molecular complexity index is 266. The molecule has 0 aromatic rings. The van der Waals surface area contributed by atoms with Crippen LogP contribution < -0.4 is 0 Å². The highest BCUT2D eigenvalue weighted by atomic mass is 32.2. The Kier molecular flexibility index (Phi) is 4.70. The van der Waals surface area contributed by atoms with Gasteiger partial charge in [0, 0.05) is 17.0 Å². The minimum atomic E-state index is -0.172. The second kappa shape index (κ2) is 5.42. The molecule has 0 spiro atoms. The van der Waals surface area contributed by atoms with Crippen LogP contribution in [0.4, 0.5) is 0 Å². The zero-order valence-corrected chi connectivity index (χ0v) is 11.9. The van der Waals surface area contributed by atoms with Gasteiger partial charge in [-0.25, -0.2) is 0 Å². The maximum absolute atomic E-state index is 8.99. The van der Waals surface area contributed by atoms with E-state index in [1.165, 1.54) is 25.3 Å². The smallest absolute Gasteiger partial charge is 0.0684 e. The van der Waals surface area contributed by atoms with Crippen molar-refractivity contribution in [2.45, 2.75) is 45.3 Å². The van der Waals surface area contributed by atoms with Crippen molar-refractivity contribution in [2.75, 3.05) is 25.4 Å². The van der Waals surface area contributed by atoms with Gasteiger partial charge < -0.3 is 4.90 Å². The summed E-state index contributed by atoms with van der Waals surface area (Å²) >= 11 is 2.08. The summed E-state index contributed by atoms with van der Waals surface area (Å²) in [5.41, 5.74) is -0.172. The standard InChI is InChI=1S/C13H24N2S/c1-12(2,11-14)5-7-15-8-6-13(3,4)16-10-9-15/h5-10H2,1-4H3. The molecule has 1 aliphatic rings.